The number of rotatable bonds is 3. The van der Waals surface area contributed by atoms with Crippen LogP contribution in [0.3, 0.4) is 0 Å². The topological polar surface area (TPSA) is 68.2 Å². The maximum absolute atomic E-state index is 5.85. The van der Waals surface area contributed by atoms with Crippen LogP contribution in [0.5, 0.6) is 0 Å². The van der Waals surface area contributed by atoms with Crippen LogP contribution in [0.15, 0.2) is 36.4 Å². The van der Waals surface area contributed by atoms with Gasteiger partial charge in [0, 0.05) is 18.6 Å². The first-order valence-corrected chi connectivity index (χ1v) is 5.91. The Bertz CT molecular complexity index is 539. The first-order valence-electron chi connectivity index (χ1n) is 5.54. The van der Waals surface area contributed by atoms with Gasteiger partial charge in [0.2, 0.25) is 0 Å². The van der Waals surface area contributed by atoms with Gasteiger partial charge in [0.05, 0.1) is 5.69 Å². The summed E-state index contributed by atoms with van der Waals surface area (Å²) in [6.07, 6.45) is 0. The molecule has 0 saturated carbocycles. The van der Waals surface area contributed by atoms with E-state index in [2.05, 4.69) is 4.98 Å². The van der Waals surface area contributed by atoms with E-state index in [9.17, 15) is 0 Å². The van der Waals surface area contributed by atoms with Crippen molar-refractivity contribution in [1.82, 2.24) is 4.98 Å². The van der Waals surface area contributed by atoms with Gasteiger partial charge < -0.3 is 16.4 Å². The number of hydrogen-bond acceptors (Lipinski definition) is 4. The van der Waals surface area contributed by atoms with Crippen LogP contribution in [-0.4, -0.2) is 12.0 Å². The maximum atomic E-state index is 5.85. The molecule has 0 fully saturated rings. The molecule has 18 heavy (non-hydrogen) atoms. The molecular weight excluding hydrogens is 248 g/mol. The van der Waals surface area contributed by atoms with E-state index >= 15 is 0 Å². The minimum atomic E-state index is 0.357. The minimum absolute atomic E-state index is 0.357. The molecule has 4 N–H and O–H groups in total. The molecule has 0 aliphatic rings. The normalized spacial score (nSPS) is 10.3. The highest BCUT2D eigenvalue weighted by Crippen LogP contribution is 2.19. The van der Waals surface area contributed by atoms with Crippen LogP contribution in [0.4, 0.5) is 17.3 Å². The second-order valence-corrected chi connectivity index (χ2v) is 4.56. The highest BCUT2D eigenvalue weighted by atomic mass is 35.5. The second kappa shape index (κ2) is 5.14. The Labute approximate surface area is 111 Å². The lowest BCUT2D eigenvalue weighted by Crippen LogP contribution is -2.18. The molecule has 0 radical (unpaired) electrons. The summed E-state index contributed by atoms with van der Waals surface area (Å²) in [5.41, 5.74) is 13.0. The first kappa shape index (κ1) is 12.5. The van der Waals surface area contributed by atoms with E-state index in [1.54, 1.807) is 6.07 Å². The summed E-state index contributed by atoms with van der Waals surface area (Å²) in [5, 5.41) is 0.733. The van der Waals surface area contributed by atoms with E-state index < -0.39 is 0 Å². The summed E-state index contributed by atoms with van der Waals surface area (Å²) < 4.78 is 0. The van der Waals surface area contributed by atoms with Crippen molar-refractivity contribution >= 4 is 28.9 Å². The van der Waals surface area contributed by atoms with Crippen LogP contribution in [0.25, 0.3) is 0 Å². The average molecular weight is 263 g/mol. The minimum Gasteiger partial charge on any atom is -0.396 e. The molecule has 0 atom stereocenters. The molecule has 1 aromatic carbocycles. The van der Waals surface area contributed by atoms with Gasteiger partial charge >= 0.3 is 0 Å². The highest BCUT2D eigenvalue weighted by molar-refractivity contribution is 6.30. The smallest absolute Gasteiger partial charge is 0.149 e. The van der Waals surface area contributed by atoms with Crippen LogP contribution in [-0.2, 0) is 6.54 Å². The van der Waals surface area contributed by atoms with Gasteiger partial charge in [0.15, 0.2) is 0 Å². The lowest BCUT2D eigenvalue weighted by atomic mass is 10.2. The van der Waals surface area contributed by atoms with Crippen molar-refractivity contribution in [1.29, 1.82) is 0 Å². The van der Waals surface area contributed by atoms with E-state index in [0.29, 0.717) is 11.5 Å². The molecule has 2 aromatic rings. The van der Waals surface area contributed by atoms with Gasteiger partial charge in [-0.25, -0.2) is 4.98 Å². The number of nitrogens with zero attached hydrogens (tertiary/aromatic N) is 2. The van der Waals surface area contributed by atoms with Gasteiger partial charge in [-0.3, -0.25) is 0 Å². The summed E-state index contributed by atoms with van der Waals surface area (Å²) in [6, 6.07) is 11.3. The van der Waals surface area contributed by atoms with Crippen molar-refractivity contribution < 1.29 is 0 Å². The molecule has 0 amide bonds. The Kier molecular flexibility index (Phi) is 3.58. The molecule has 0 aliphatic heterocycles. The lowest BCUT2D eigenvalue weighted by Gasteiger charge is -2.19. The number of hydrogen-bond donors (Lipinski definition) is 2. The van der Waals surface area contributed by atoms with Gasteiger partial charge in [-0.15, -0.1) is 0 Å². The van der Waals surface area contributed by atoms with Crippen LogP contribution in [0.1, 0.15) is 5.56 Å². The average Bonchev–Trinajstić information content (AvgIpc) is 2.35. The van der Waals surface area contributed by atoms with Crippen molar-refractivity contribution in [3.63, 3.8) is 0 Å². The third kappa shape index (κ3) is 2.84. The van der Waals surface area contributed by atoms with E-state index in [1.165, 1.54) is 0 Å². The van der Waals surface area contributed by atoms with Crippen LogP contribution in [0.2, 0.25) is 5.02 Å². The third-order valence-corrected chi connectivity index (χ3v) is 2.92. The molecule has 5 heteroatoms. The third-order valence-electron chi connectivity index (χ3n) is 2.67. The molecular formula is C13H15ClN4. The zero-order valence-corrected chi connectivity index (χ0v) is 10.9. The van der Waals surface area contributed by atoms with Gasteiger partial charge in [0.1, 0.15) is 11.6 Å². The fourth-order valence-electron chi connectivity index (χ4n) is 1.63. The molecule has 0 saturated heterocycles. The van der Waals surface area contributed by atoms with Crippen molar-refractivity contribution in [3.05, 3.63) is 47.0 Å². The van der Waals surface area contributed by atoms with Gasteiger partial charge in [-0.2, -0.15) is 0 Å². The summed E-state index contributed by atoms with van der Waals surface area (Å²) in [6.45, 7) is 0.730. The van der Waals surface area contributed by atoms with E-state index in [0.717, 1.165) is 22.9 Å². The van der Waals surface area contributed by atoms with E-state index in [1.807, 2.05) is 42.3 Å². The van der Waals surface area contributed by atoms with Crippen LogP contribution < -0.4 is 16.4 Å². The van der Waals surface area contributed by atoms with E-state index in [4.69, 9.17) is 23.1 Å². The fourth-order valence-corrected chi connectivity index (χ4v) is 1.76. The standard InChI is InChI=1S/C13H15ClN4/c1-18(8-9-2-4-10(14)5-3-9)12-7-6-11(15)13(16)17-12/h2-7H,8,15H2,1H3,(H2,16,17). The molecule has 0 unspecified atom stereocenters. The van der Waals surface area contributed by atoms with Gasteiger partial charge in [-0.05, 0) is 29.8 Å². The summed E-state index contributed by atoms with van der Waals surface area (Å²) in [7, 11) is 1.95. The van der Waals surface area contributed by atoms with Crippen LogP contribution >= 0.6 is 11.6 Å². The molecule has 94 valence electrons. The summed E-state index contributed by atoms with van der Waals surface area (Å²) >= 11 is 5.85. The monoisotopic (exact) mass is 262 g/mol. The molecule has 1 aromatic heterocycles. The fraction of sp³-hybridized carbons (Fsp3) is 0.154. The Morgan fingerprint density at radius 3 is 2.39 bits per heavy atom. The number of nitrogen functional groups attached to an aromatic ring is 2. The van der Waals surface area contributed by atoms with Gasteiger partial charge in [-0.1, -0.05) is 23.7 Å². The van der Waals surface area contributed by atoms with Crippen LogP contribution in [0, 0.1) is 0 Å². The number of halogens is 1. The Morgan fingerprint density at radius 1 is 1.11 bits per heavy atom. The summed E-state index contributed by atoms with van der Waals surface area (Å²) in [4.78, 5) is 6.24. The summed E-state index contributed by atoms with van der Waals surface area (Å²) in [5.74, 6) is 1.15. The number of aromatic nitrogens is 1. The molecule has 0 bridgehead atoms. The molecule has 1 heterocycles. The van der Waals surface area contributed by atoms with Crippen molar-refractivity contribution in [2.45, 2.75) is 6.54 Å². The number of benzene rings is 1. The Hall–Kier alpha value is -1.94. The number of nitrogens with two attached hydrogens (primary N) is 2. The molecule has 0 aliphatic carbocycles. The lowest BCUT2D eigenvalue weighted by molar-refractivity contribution is 0.900. The Morgan fingerprint density at radius 2 is 1.78 bits per heavy atom. The quantitative estimate of drug-likeness (QED) is 0.892. The SMILES string of the molecule is CN(Cc1ccc(Cl)cc1)c1ccc(N)c(N)n1. The zero-order valence-electron chi connectivity index (χ0n) is 10.1. The molecule has 0 spiro atoms. The predicted molar refractivity (Wildman–Crippen MR) is 76.6 cm³/mol. The maximum Gasteiger partial charge on any atom is 0.149 e. The van der Waals surface area contributed by atoms with Crippen molar-refractivity contribution in [2.24, 2.45) is 0 Å². The van der Waals surface area contributed by atoms with E-state index in [-0.39, 0.29) is 0 Å². The second-order valence-electron chi connectivity index (χ2n) is 4.13. The number of anilines is 3. The molecule has 2 rings (SSSR count). The number of pyridine rings is 1. The molecule has 4 nitrogen and oxygen atoms in total. The Balaban J connectivity index is 2.13. The predicted octanol–water partition coefficient (Wildman–Crippen LogP) is 2.54. The van der Waals surface area contributed by atoms with Crippen molar-refractivity contribution in [3.8, 4) is 0 Å². The largest absolute Gasteiger partial charge is 0.396 e. The highest BCUT2D eigenvalue weighted by Gasteiger charge is 2.05. The van der Waals surface area contributed by atoms with Gasteiger partial charge in [0.25, 0.3) is 0 Å². The van der Waals surface area contributed by atoms with Crippen molar-refractivity contribution in [2.75, 3.05) is 23.4 Å². The zero-order chi connectivity index (χ0) is 13.1. The first-order chi connectivity index (χ1) is 8.56.